The normalized spacial score (nSPS) is 13.3. The van der Waals surface area contributed by atoms with Crippen LogP contribution >= 0.6 is 0 Å². The van der Waals surface area contributed by atoms with Crippen molar-refractivity contribution in [3.63, 3.8) is 0 Å². The van der Waals surface area contributed by atoms with Crippen molar-refractivity contribution in [2.45, 2.75) is 0 Å². The minimum Gasteiger partial charge on any atom is -0.311 e. The smallest absolute Gasteiger partial charge is 0.252 e. The molecule has 12 rings (SSSR count). The van der Waals surface area contributed by atoms with E-state index >= 15 is 0 Å². The van der Waals surface area contributed by atoms with Gasteiger partial charge in [-0.1, -0.05) is 146 Å². The minimum atomic E-state index is -0.00831. The molecule has 0 radical (unpaired) electrons. The number of anilines is 12. The van der Waals surface area contributed by atoms with E-state index in [1.165, 1.54) is 50.3 Å². The van der Waals surface area contributed by atoms with Crippen LogP contribution in [-0.2, 0) is 0 Å². The van der Waals surface area contributed by atoms with Crippen molar-refractivity contribution in [1.29, 1.82) is 0 Å². The van der Waals surface area contributed by atoms with Crippen LogP contribution in [0.5, 0.6) is 0 Å². The lowest BCUT2D eigenvalue weighted by molar-refractivity contribution is 1.15. The van der Waals surface area contributed by atoms with E-state index in [9.17, 15) is 0 Å². The lowest BCUT2D eigenvalue weighted by Crippen LogP contribution is -2.61. The first-order valence-corrected chi connectivity index (χ1v) is 20.3. The molecule has 59 heavy (non-hydrogen) atoms. The van der Waals surface area contributed by atoms with Crippen LogP contribution in [0, 0.1) is 0 Å². The predicted molar refractivity (Wildman–Crippen MR) is 249 cm³/mol. The molecule has 0 N–H and O–H groups in total. The third-order valence-corrected chi connectivity index (χ3v) is 12.1. The summed E-state index contributed by atoms with van der Waals surface area (Å²) in [6.45, 7) is -0.00831. The summed E-state index contributed by atoms with van der Waals surface area (Å²) < 4.78 is 0. The minimum absolute atomic E-state index is 0.00831. The topological polar surface area (TPSA) is 13.0 Å². The van der Waals surface area contributed by atoms with E-state index in [4.69, 9.17) is 0 Å². The van der Waals surface area contributed by atoms with Gasteiger partial charge in [0.2, 0.25) is 0 Å². The van der Waals surface area contributed by atoms with Gasteiger partial charge in [0, 0.05) is 39.8 Å². The van der Waals surface area contributed by atoms with Crippen molar-refractivity contribution in [2.24, 2.45) is 0 Å². The van der Waals surface area contributed by atoms with Crippen LogP contribution in [0.15, 0.2) is 224 Å². The molecule has 0 amide bonds. The molecule has 3 heterocycles. The number of benzene rings is 9. The van der Waals surface area contributed by atoms with Gasteiger partial charge in [0.05, 0.1) is 28.4 Å². The van der Waals surface area contributed by atoms with E-state index in [0.717, 1.165) is 45.5 Å². The maximum atomic E-state index is 2.53. The quantitative estimate of drug-likeness (QED) is 0.162. The Morgan fingerprint density at radius 1 is 0.254 bits per heavy atom. The van der Waals surface area contributed by atoms with E-state index in [1.807, 2.05) is 0 Å². The van der Waals surface area contributed by atoms with Crippen LogP contribution in [0.4, 0.5) is 68.2 Å². The fourth-order valence-electron chi connectivity index (χ4n) is 9.68. The molecule has 9 aromatic rings. The molecule has 0 unspecified atom stereocenters. The highest BCUT2D eigenvalue weighted by molar-refractivity contribution is 7.00. The first-order valence-electron chi connectivity index (χ1n) is 20.3. The second-order valence-electron chi connectivity index (χ2n) is 15.3. The van der Waals surface area contributed by atoms with Crippen LogP contribution in [0.25, 0.3) is 11.1 Å². The summed E-state index contributed by atoms with van der Waals surface area (Å²) in [5.41, 5.74) is 19.9. The number of hydrogen-bond acceptors (Lipinski definition) is 4. The van der Waals surface area contributed by atoms with E-state index in [0.29, 0.717) is 0 Å². The lowest BCUT2D eigenvalue weighted by atomic mass is 9.33. The molecule has 0 atom stereocenters. The van der Waals surface area contributed by atoms with E-state index in [2.05, 4.69) is 244 Å². The second-order valence-corrected chi connectivity index (χ2v) is 15.3. The zero-order valence-electron chi connectivity index (χ0n) is 32.2. The molecule has 3 aliphatic rings. The number of nitrogens with zero attached hydrogens (tertiary/aromatic N) is 4. The Morgan fingerprint density at radius 2 is 0.627 bits per heavy atom. The van der Waals surface area contributed by atoms with Gasteiger partial charge < -0.3 is 19.6 Å². The summed E-state index contributed by atoms with van der Waals surface area (Å²) in [7, 11) is 0. The fraction of sp³-hybridized carbons (Fsp3) is 0. The van der Waals surface area contributed by atoms with E-state index < -0.39 is 0 Å². The number of fused-ring (bicyclic) bond motifs is 7. The molecule has 9 aromatic carbocycles. The number of hydrogen-bond donors (Lipinski definition) is 0. The zero-order valence-corrected chi connectivity index (χ0v) is 32.2. The Balaban J connectivity index is 1.24. The molecule has 0 spiro atoms. The summed E-state index contributed by atoms with van der Waals surface area (Å²) in [4.78, 5) is 10.0. The van der Waals surface area contributed by atoms with Crippen LogP contribution < -0.4 is 36.0 Å². The van der Waals surface area contributed by atoms with E-state index in [1.54, 1.807) is 0 Å². The zero-order chi connectivity index (χ0) is 38.9. The molecule has 5 heteroatoms. The second kappa shape index (κ2) is 13.4. The first-order chi connectivity index (χ1) is 29.3. The molecule has 0 aliphatic carbocycles. The van der Waals surface area contributed by atoms with Gasteiger partial charge in [0.15, 0.2) is 0 Å². The van der Waals surface area contributed by atoms with Crippen molar-refractivity contribution < 1.29 is 0 Å². The SMILES string of the molecule is c1ccc(-c2ccc(N3c4ccccc4N(c4ccccc4)c4c3cc3c5c4N(c4ccccc4)c4ccccc4B5c4ccccc4N3c3ccccc3)cc2)cc1. The Kier molecular flexibility index (Phi) is 7.60. The number of rotatable bonds is 5. The fourth-order valence-corrected chi connectivity index (χ4v) is 9.68. The van der Waals surface area contributed by atoms with Gasteiger partial charge in [-0.3, -0.25) is 0 Å². The predicted octanol–water partition coefficient (Wildman–Crippen LogP) is 12.7. The monoisotopic (exact) mass is 752 g/mol. The van der Waals surface area contributed by atoms with Crippen molar-refractivity contribution in [2.75, 3.05) is 19.6 Å². The van der Waals surface area contributed by atoms with Gasteiger partial charge in [-0.2, -0.15) is 0 Å². The van der Waals surface area contributed by atoms with Crippen molar-refractivity contribution in [1.82, 2.24) is 0 Å². The number of para-hydroxylation sites is 7. The van der Waals surface area contributed by atoms with Gasteiger partial charge >= 0.3 is 0 Å². The molecule has 0 saturated carbocycles. The Bertz CT molecular complexity index is 3000. The molecule has 0 bridgehead atoms. The average Bonchev–Trinajstić information content (AvgIpc) is 3.32. The third kappa shape index (κ3) is 5.11. The van der Waals surface area contributed by atoms with Gasteiger partial charge in [-0.25, -0.2) is 0 Å². The highest BCUT2D eigenvalue weighted by atomic mass is 15.3. The summed E-state index contributed by atoms with van der Waals surface area (Å²) in [5, 5.41) is 0. The summed E-state index contributed by atoms with van der Waals surface area (Å²) in [5.74, 6) is 0. The Labute approximate surface area is 345 Å². The van der Waals surface area contributed by atoms with Gasteiger partial charge in [-0.05, 0) is 106 Å². The maximum Gasteiger partial charge on any atom is 0.252 e. The van der Waals surface area contributed by atoms with Crippen molar-refractivity contribution in [3.05, 3.63) is 224 Å². The molecule has 0 fully saturated rings. The molecular weight excluding hydrogens is 715 g/mol. The lowest BCUT2D eigenvalue weighted by Gasteiger charge is -2.49. The maximum absolute atomic E-state index is 2.53. The van der Waals surface area contributed by atoms with Gasteiger partial charge in [-0.15, -0.1) is 0 Å². The highest BCUT2D eigenvalue weighted by Crippen LogP contribution is 2.61. The Hall–Kier alpha value is -7.76. The highest BCUT2D eigenvalue weighted by Gasteiger charge is 2.47. The van der Waals surface area contributed by atoms with Crippen LogP contribution in [0.3, 0.4) is 0 Å². The molecule has 0 aromatic heterocycles. The van der Waals surface area contributed by atoms with Gasteiger partial charge in [0.25, 0.3) is 6.71 Å². The molecule has 3 aliphatic heterocycles. The largest absolute Gasteiger partial charge is 0.311 e. The van der Waals surface area contributed by atoms with Crippen molar-refractivity contribution >= 4 is 91.3 Å². The van der Waals surface area contributed by atoms with Crippen molar-refractivity contribution in [3.8, 4) is 11.1 Å². The third-order valence-electron chi connectivity index (χ3n) is 12.1. The van der Waals surface area contributed by atoms with Crippen LogP contribution in [0.1, 0.15) is 0 Å². The summed E-state index contributed by atoms with van der Waals surface area (Å²) >= 11 is 0. The molecule has 4 nitrogen and oxygen atoms in total. The summed E-state index contributed by atoms with van der Waals surface area (Å²) in [6.07, 6.45) is 0. The Morgan fingerprint density at radius 3 is 1.19 bits per heavy atom. The summed E-state index contributed by atoms with van der Waals surface area (Å²) in [6, 6.07) is 81.8. The molecule has 276 valence electrons. The van der Waals surface area contributed by atoms with E-state index in [-0.39, 0.29) is 6.71 Å². The molecular formula is C54H37BN4. The van der Waals surface area contributed by atoms with Gasteiger partial charge in [0.1, 0.15) is 0 Å². The average molecular weight is 753 g/mol. The standard InChI is InChI=1S/C54H37BN4/c1-5-19-38(20-6-1)39-33-35-43(36-34-39)57-48-31-17-18-32-49(48)59(42-25-11-4-12-26-42)53-51(57)37-50-52-54(53)58(41-23-9-3-10-24-41)47-30-16-14-28-45(47)55(52)44-27-13-15-29-46(44)56(50)40-21-7-2-8-22-40/h1-37H. The van der Waals surface area contributed by atoms with Crippen LogP contribution in [-0.4, -0.2) is 6.71 Å². The molecule has 0 saturated heterocycles. The first kappa shape index (κ1) is 33.4. The van der Waals surface area contributed by atoms with Crippen LogP contribution in [0.2, 0.25) is 0 Å².